The first-order chi connectivity index (χ1) is 5.63. The topological polar surface area (TPSA) is 0 Å². The maximum absolute atomic E-state index is 13.0. The summed E-state index contributed by atoms with van der Waals surface area (Å²) in [5.41, 5.74) is 0.124. The van der Waals surface area contributed by atoms with Gasteiger partial charge >= 0.3 is 0 Å². The van der Waals surface area contributed by atoms with Gasteiger partial charge in [-0.2, -0.15) is 0 Å². The molecular weight excluding hydrogens is 158 g/mol. The van der Waals surface area contributed by atoms with Gasteiger partial charge in [-0.15, -0.1) is 0 Å². The Morgan fingerprint density at radius 3 is 1.67 bits per heavy atom. The number of hydrogen-bond donors (Lipinski definition) is 0. The summed E-state index contributed by atoms with van der Waals surface area (Å²) in [5, 5.41) is 0. The van der Waals surface area contributed by atoms with E-state index in [-0.39, 0.29) is 5.57 Å². The average molecular weight is 176 g/mol. The van der Waals surface area contributed by atoms with E-state index < -0.39 is 12.3 Å². The molecule has 2 heteroatoms. The molecule has 0 aromatic rings. The predicted molar refractivity (Wildman–Crippen MR) is 48.7 cm³/mol. The fourth-order valence-corrected chi connectivity index (χ4v) is 1.07. The summed E-state index contributed by atoms with van der Waals surface area (Å²) in [5.74, 6) is 0. The summed E-state index contributed by atoms with van der Waals surface area (Å²) in [7, 11) is 0. The fraction of sp³-hybridized carbons (Fsp3) is 0.800. The Kier molecular flexibility index (Phi) is 5.95. The van der Waals surface area contributed by atoms with Crippen LogP contribution in [0.2, 0.25) is 0 Å². The van der Waals surface area contributed by atoms with E-state index in [1.54, 1.807) is 0 Å². The van der Waals surface area contributed by atoms with E-state index >= 15 is 0 Å². The normalized spacial score (nSPS) is 15.7. The summed E-state index contributed by atoms with van der Waals surface area (Å²) in [4.78, 5) is 0. The summed E-state index contributed by atoms with van der Waals surface area (Å²) < 4.78 is 26.1. The molecule has 0 aromatic heterocycles. The van der Waals surface area contributed by atoms with Crippen LogP contribution in [-0.4, -0.2) is 12.3 Å². The highest BCUT2D eigenvalue weighted by Crippen LogP contribution is 2.20. The lowest BCUT2D eigenvalue weighted by Crippen LogP contribution is -2.14. The summed E-state index contributed by atoms with van der Waals surface area (Å²) >= 11 is 0. The lowest BCUT2D eigenvalue weighted by molar-refractivity contribution is 0.278. The molecule has 2 atom stereocenters. The first-order valence-corrected chi connectivity index (χ1v) is 4.60. The van der Waals surface area contributed by atoms with Gasteiger partial charge in [0.1, 0.15) is 12.3 Å². The van der Waals surface area contributed by atoms with E-state index in [1.165, 1.54) is 0 Å². The maximum atomic E-state index is 13.0. The van der Waals surface area contributed by atoms with Crippen LogP contribution in [0.15, 0.2) is 12.2 Å². The number of halogens is 2. The molecule has 0 N–H and O–H groups in total. The molecule has 0 fully saturated rings. The summed E-state index contributed by atoms with van der Waals surface area (Å²) in [6.07, 6.45) is -0.0580. The van der Waals surface area contributed by atoms with Crippen molar-refractivity contribution in [3.63, 3.8) is 0 Å². The Morgan fingerprint density at radius 1 is 1.08 bits per heavy atom. The highest BCUT2D eigenvalue weighted by atomic mass is 19.1. The van der Waals surface area contributed by atoms with Gasteiger partial charge in [0.05, 0.1) is 0 Å². The third kappa shape index (κ3) is 3.84. The molecule has 0 aliphatic carbocycles. The minimum absolute atomic E-state index is 0.124. The molecular formula is C10H18F2. The fourth-order valence-electron chi connectivity index (χ4n) is 1.07. The predicted octanol–water partition coefficient (Wildman–Crippen LogP) is 3.82. The van der Waals surface area contributed by atoms with Gasteiger partial charge in [0.25, 0.3) is 0 Å². The van der Waals surface area contributed by atoms with E-state index in [4.69, 9.17) is 0 Å². The van der Waals surface area contributed by atoms with Gasteiger partial charge in [-0.3, -0.25) is 0 Å². The van der Waals surface area contributed by atoms with Gasteiger partial charge in [0.2, 0.25) is 0 Å². The van der Waals surface area contributed by atoms with Crippen LogP contribution in [0.1, 0.15) is 39.5 Å². The van der Waals surface area contributed by atoms with E-state index in [1.807, 2.05) is 13.8 Å². The Balaban J connectivity index is 3.82. The Bertz CT molecular complexity index is 118. The van der Waals surface area contributed by atoms with Crippen LogP contribution in [0, 0.1) is 0 Å². The zero-order chi connectivity index (χ0) is 9.56. The van der Waals surface area contributed by atoms with Gasteiger partial charge < -0.3 is 0 Å². The minimum atomic E-state index is -1.16. The van der Waals surface area contributed by atoms with Crippen LogP contribution >= 0.6 is 0 Å². The number of hydrogen-bond acceptors (Lipinski definition) is 0. The Labute approximate surface area is 73.7 Å². The van der Waals surface area contributed by atoms with E-state index in [0.717, 1.165) is 12.8 Å². The quantitative estimate of drug-likeness (QED) is 0.540. The standard InChI is InChI=1S/C10H18F2/c1-4-6-9(11)8(3)10(12)7-5-2/h9-10H,3-7H2,1-2H3. The highest BCUT2D eigenvalue weighted by Gasteiger charge is 2.18. The van der Waals surface area contributed by atoms with Gasteiger partial charge in [0.15, 0.2) is 0 Å². The monoisotopic (exact) mass is 176 g/mol. The number of alkyl halides is 2. The van der Waals surface area contributed by atoms with E-state index in [9.17, 15) is 8.78 Å². The van der Waals surface area contributed by atoms with Gasteiger partial charge in [-0.05, 0) is 18.4 Å². The van der Waals surface area contributed by atoms with Crippen molar-refractivity contribution in [2.24, 2.45) is 0 Å². The molecule has 0 rings (SSSR count). The maximum Gasteiger partial charge on any atom is 0.124 e. The second-order valence-corrected chi connectivity index (χ2v) is 3.09. The molecule has 0 saturated carbocycles. The number of allylic oxidation sites excluding steroid dienone is 1. The summed E-state index contributed by atoms with van der Waals surface area (Å²) in [6, 6.07) is 0. The Hall–Kier alpha value is -0.400. The molecule has 0 nitrogen and oxygen atoms in total. The van der Waals surface area contributed by atoms with Gasteiger partial charge in [-0.1, -0.05) is 33.3 Å². The number of rotatable bonds is 6. The van der Waals surface area contributed by atoms with Crippen molar-refractivity contribution in [1.29, 1.82) is 0 Å². The van der Waals surface area contributed by atoms with Crippen molar-refractivity contribution in [3.8, 4) is 0 Å². The molecule has 2 unspecified atom stereocenters. The van der Waals surface area contributed by atoms with Crippen LogP contribution < -0.4 is 0 Å². The first kappa shape index (κ1) is 11.6. The van der Waals surface area contributed by atoms with Crippen molar-refractivity contribution in [2.75, 3.05) is 0 Å². The molecule has 72 valence electrons. The minimum Gasteiger partial charge on any atom is -0.243 e. The molecule has 0 saturated heterocycles. The molecule has 0 bridgehead atoms. The van der Waals surface area contributed by atoms with E-state index in [0.29, 0.717) is 12.8 Å². The second kappa shape index (κ2) is 6.15. The smallest absolute Gasteiger partial charge is 0.124 e. The third-order valence-electron chi connectivity index (χ3n) is 1.89. The molecule has 0 amide bonds. The van der Waals surface area contributed by atoms with E-state index in [2.05, 4.69) is 6.58 Å². The lowest BCUT2D eigenvalue weighted by atomic mass is 10.0. The molecule has 0 spiro atoms. The molecule has 0 heterocycles. The van der Waals surface area contributed by atoms with Crippen molar-refractivity contribution in [3.05, 3.63) is 12.2 Å². The first-order valence-electron chi connectivity index (χ1n) is 4.60. The zero-order valence-electron chi connectivity index (χ0n) is 7.95. The van der Waals surface area contributed by atoms with Crippen molar-refractivity contribution in [2.45, 2.75) is 51.9 Å². The van der Waals surface area contributed by atoms with Gasteiger partial charge in [0, 0.05) is 0 Å². The van der Waals surface area contributed by atoms with Crippen LogP contribution in [-0.2, 0) is 0 Å². The average Bonchev–Trinajstić information content (AvgIpc) is 2.04. The van der Waals surface area contributed by atoms with Crippen molar-refractivity contribution < 1.29 is 8.78 Å². The highest BCUT2D eigenvalue weighted by molar-refractivity contribution is 5.08. The Morgan fingerprint density at radius 2 is 1.42 bits per heavy atom. The van der Waals surface area contributed by atoms with Crippen LogP contribution in [0.3, 0.4) is 0 Å². The van der Waals surface area contributed by atoms with Gasteiger partial charge in [-0.25, -0.2) is 8.78 Å². The molecule has 0 aliphatic rings. The zero-order valence-corrected chi connectivity index (χ0v) is 7.95. The largest absolute Gasteiger partial charge is 0.243 e. The SMILES string of the molecule is C=C(C(F)CCC)C(F)CCC. The second-order valence-electron chi connectivity index (χ2n) is 3.09. The van der Waals surface area contributed by atoms with Crippen molar-refractivity contribution >= 4 is 0 Å². The molecule has 0 radical (unpaired) electrons. The summed E-state index contributed by atoms with van der Waals surface area (Å²) in [6.45, 7) is 7.21. The van der Waals surface area contributed by atoms with Crippen molar-refractivity contribution in [1.82, 2.24) is 0 Å². The van der Waals surface area contributed by atoms with Crippen LogP contribution in [0.4, 0.5) is 8.78 Å². The lowest BCUT2D eigenvalue weighted by Gasteiger charge is -2.14. The van der Waals surface area contributed by atoms with Crippen LogP contribution in [0.25, 0.3) is 0 Å². The third-order valence-corrected chi connectivity index (χ3v) is 1.89. The molecule has 0 aliphatic heterocycles. The molecule has 12 heavy (non-hydrogen) atoms. The van der Waals surface area contributed by atoms with Crippen LogP contribution in [0.5, 0.6) is 0 Å². The molecule has 0 aromatic carbocycles.